The van der Waals surface area contributed by atoms with Crippen LogP contribution in [0.5, 0.6) is 0 Å². The van der Waals surface area contributed by atoms with Gasteiger partial charge in [0.05, 0.1) is 4.91 Å². The van der Waals surface area contributed by atoms with Gasteiger partial charge in [0.15, 0.2) is 0 Å². The topological polar surface area (TPSA) is 49.4 Å². The molecule has 7 heteroatoms. The normalized spacial score (nSPS) is 34.4. The maximum absolute atomic E-state index is 12.7. The van der Waals surface area contributed by atoms with Gasteiger partial charge in [-0.1, -0.05) is 30.0 Å². The number of amides is 2. The molecule has 1 aromatic rings. The van der Waals surface area contributed by atoms with E-state index in [1.165, 1.54) is 50.3 Å². The Balaban J connectivity index is 1.13. The van der Waals surface area contributed by atoms with Crippen molar-refractivity contribution < 1.29 is 9.59 Å². The molecule has 4 aliphatic carbocycles. The maximum Gasteiger partial charge on any atom is 0.266 e. The summed E-state index contributed by atoms with van der Waals surface area (Å²) in [6.45, 7) is 0.515. The summed E-state index contributed by atoms with van der Waals surface area (Å²) in [5.41, 5.74) is 0.0665. The number of nitrogens with one attached hydrogen (secondary N) is 1. The molecule has 4 bridgehead atoms. The number of nitrogens with zero attached hydrogens (tertiary/aromatic N) is 1. The van der Waals surface area contributed by atoms with Gasteiger partial charge in [0.2, 0.25) is 5.91 Å². The summed E-state index contributed by atoms with van der Waals surface area (Å²) in [4.78, 5) is 28.7. The van der Waals surface area contributed by atoms with E-state index in [2.05, 4.69) is 5.32 Å². The van der Waals surface area contributed by atoms with Crippen LogP contribution in [0, 0.1) is 17.8 Å². The monoisotopic (exact) mass is 446 g/mol. The second-order valence-corrected chi connectivity index (χ2v) is 11.9. The maximum atomic E-state index is 12.7. The Morgan fingerprint density at radius 1 is 1.24 bits per heavy atom. The minimum absolute atomic E-state index is 0.0325. The minimum atomic E-state index is -0.0325. The molecule has 5 fully saturated rings. The fraction of sp³-hybridized carbons (Fsp3) is 0.591. The van der Waals surface area contributed by atoms with E-state index < -0.39 is 0 Å². The van der Waals surface area contributed by atoms with Crippen molar-refractivity contribution in [1.82, 2.24) is 10.2 Å². The molecule has 2 heterocycles. The van der Waals surface area contributed by atoms with E-state index in [0.29, 0.717) is 28.6 Å². The Morgan fingerprint density at radius 2 is 1.93 bits per heavy atom. The highest BCUT2D eigenvalue weighted by atomic mass is 32.2. The number of thioether (sulfide) groups is 1. The molecule has 0 unspecified atom stereocenters. The molecule has 2 amide bonds. The van der Waals surface area contributed by atoms with Crippen LogP contribution in [-0.4, -0.2) is 33.1 Å². The molecule has 0 aromatic carbocycles. The van der Waals surface area contributed by atoms with E-state index >= 15 is 0 Å². The van der Waals surface area contributed by atoms with Gasteiger partial charge in [-0.2, -0.15) is 0 Å². The molecule has 0 atom stereocenters. The van der Waals surface area contributed by atoms with Gasteiger partial charge in [0.1, 0.15) is 4.32 Å². The summed E-state index contributed by atoms with van der Waals surface area (Å²) < 4.78 is 0.597. The van der Waals surface area contributed by atoms with Crippen LogP contribution in [0.2, 0.25) is 0 Å². The highest BCUT2D eigenvalue weighted by Gasteiger charge is 2.51. The van der Waals surface area contributed by atoms with Gasteiger partial charge in [-0.15, -0.1) is 11.3 Å². The Bertz CT molecular complexity index is 826. The molecule has 0 radical (unpaired) electrons. The summed E-state index contributed by atoms with van der Waals surface area (Å²) in [5.74, 6) is 2.59. The fourth-order valence-corrected chi connectivity index (χ4v) is 8.25. The third-order valence-corrected chi connectivity index (χ3v) is 9.12. The van der Waals surface area contributed by atoms with E-state index in [1.54, 1.807) is 16.2 Å². The first kappa shape index (κ1) is 19.8. The quantitative estimate of drug-likeness (QED) is 0.503. The van der Waals surface area contributed by atoms with Crippen LogP contribution in [0.15, 0.2) is 22.4 Å². The van der Waals surface area contributed by atoms with Gasteiger partial charge in [0.25, 0.3) is 5.91 Å². The number of thiocarbonyl (C=S) groups is 1. The Morgan fingerprint density at radius 3 is 2.55 bits per heavy atom. The Kier molecular flexibility index (Phi) is 5.33. The number of carbonyl (C=O) groups is 2. The average Bonchev–Trinajstić information content (AvgIpc) is 3.24. The molecule has 4 nitrogen and oxygen atoms in total. The average molecular weight is 447 g/mol. The molecular formula is C22H26N2O2S3. The highest BCUT2D eigenvalue weighted by Crippen LogP contribution is 2.55. The van der Waals surface area contributed by atoms with Gasteiger partial charge >= 0.3 is 0 Å². The number of rotatable bonds is 6. The van der Waals surface area contributed by atoms with Gasteiger partial charge in [0, 0.05) is 23.4 Å². The second kappa shape index (κ2) is 7.82. The minimum Gasteiger partial charge on any atom is -0.351 e. The van der Waals surface area contributed by atoms with Gasteiger partial charge in [-0.25, -0.2) is 0 Å². The van der Waals surface area contributed by atoms with Crippen molar-refractivity contribution in [3.63, 3.8) is 0 Å². The number of hydrogen-bond donors (Lipinski definition) is 1. The van der Waals surface area contributed by atoms with Crippen molar-refractivity contribution in [2.75, 3.05) is 6.54 Å². The van der Waals surface area contributed by atoms with E-state index in [9.17, 15) is 9.59 Å². The largest absolute Gasteiger partial charge is 0.351 e. The summed E-state index contributed by atoms with van der Waals surface area (Å²) in [7, 11) is 0. The van der Waals surface area contributed by atoms with Crippen LogP contribution in [0.1, 0.15) is 56.2 Å². The number of hydrogen-bond acceptors (Lipinski definition) is 5. The molecule has 0 spiro atoms. The van der Waals surface area contributed by atoms with Crippen LogP contribution in [-0.2, 0) is 9.59 Å². The molecule has 1 aliphatic heterocycles. The SMILES string of the molecule is O=C(CCCN1C(=O)/C(=C\c2cccs2)SC1=S)NC12CC3CC(CC(C3)C1)C2. The lowest BCUT2D eigenvalue weighted by molar-refractivity contribution is -0.127. The third-order valence-electron chi connectivity index (χ3n) is 6.92. The zero-order chi connectivity index (χ0) is 20.0. The predicted octanol–water partition coefficient (Wildman–Crippen LogP) is 4.81. The van der Waals surface area contributed by atoms with Crippen LogP contribution in [0.3, 0.4) is 0 Å². The molecule has 1 aromatic heterocycles. The molecule has 29 heavy (non-hydrogen) atoms. The number of carbonyl (C=O) groups excluding carboxylic acids is 2. The van der Waals surface area contributed by atoms with Crippen LogP contribution >= 0.6 is 35.3 Å². The summed E-state index contributed by atoms with van der Waals surface area (Å²) in [5, 5.41) is 5.42. The van der Waals surface area contributed by atoms with Crippen molar-refractivity contribution >= 4 is 57.5 Å². The molecule has 1 N–H and O–H groups in total. The lowest BCUT2D eigenvalue weighted by Gasteiger charge is -2.56. The van der Waals surface area contributed by atoms with Crippen LogP contribution in [0.25, 0.3) is 6.08 Å². The smallest absolute Gasteiger partial charge is 0.266 e. The summed E-state index contributed by atoms with van der Waals surface area (Å²) >= 11 is 8.37. The van der Waals surface area contributed by atoms with Crippen molar-refractivity contribution in [3.8, 4) is 0 Å². The van der Waals surface area contributed by atoms with E-state index in [4.69, 9.17) is 12.2 Å². The molecular weight excluding hydrogens is 420 g/mol. The van der Waals surface area contributed by atoms with Crippen molar-refractivity contribution in [2.24, 2.45) is 17.8 Å². The summed E-state index contributed by atoms with van der Waals surface area (Å²) in [6, 6.07) is 3.96. The lowest BCUT2D eigenvalue weighted by atomic mass is 9.53. The highest BCUT2D eigenvalue weighted by molar-refractivity contribution is 8.26. The molecule has 4 saturated carbocycles. The van der Waals surface area contributed by atoms with E-state index in [1.807, 2.05) is 23.6 Å². The van der Waals surface area contributed by atoms with Gasteiger partial charge < -0.3 is 5.32 Å². The first-order valence-electron chi connectivity index (χ1n) is 10.6. The van der Waals surface area contributed by atoms with Gasteiger partial charge in [-0.3, -0.25) is 14.5 Å². The van der Waals surface area contributed by atoms with E-state index in [0.717, 1.165) is 22.6 Å². The first-order valence-corrected chi connectivity index (χ1v) is 12.7. The molecule has 5 aliphatic rings. The Hall–Kier alpha value is -1.18. The summed E-state index contributed by atoms with van der Waals surface area (Å²) in [6.07, 6.45) is 10.7. The number of thiophene rings is 1. The van der Waals surface area contributed by atoms with Crippen molar-refractivity contribution in [2.45, 2.75) is 56.9 Å². The predicted molar refractivity (Wildman–Crippen MR) is 122 cm³/mol. The van der Waals surface area contributed by atoms with Crippen molar-refractivity contribution in [1.29, 1.82) is 0 Å². The standard InChI is InChI=1S/C22H26N2O2S3/c25-19(23-22-11-14-7-15(12-22)9-16(8-14)13-22)4-1-5-24-20(26)18(29-21(24)27)10-17-3-2-6-28-17/h2-3,6,10,14-16H,1,4-5,7-9,11-13H2,(H,23,25)/b18-10+. The molecule has 6 rings (SSSR count). The van der Waals surface area contributed by atoms with Gasteiger partial charge in [-0.05, 0) is 80.2 Å². The third kappa shape index (κ3) is 4.06. The lowest BCUT2D eigenvalue weighted by Crippen LogP contribution is -2.59. The zero-order valence-electron chi connectivity index (χ0n) is 16.4. The second-order valence-electron chi connectivity index (χ2n) is 9.20. The van der Waals surface area contributed by atoms with Crippen molar-refractivity contribution in [3.05, 3.63) is 27.3 Å². The zero-order valence-corrected chi connectivity index (χ0v) is 18.8. The molecule has 154 valence electrons. The first-order chi connectivity index (χ1) is 14.0. The Labute approximate surface area is 185 Å². The molecule has 1 saturated heterocycles. The van der Waals surface area contributed by atoms with E-state index in [-0.39, 0.29) is 17.4 Å². The van der Waals surface area contributed by atoms with Crippen LogP contribution in [0.4, 0.5) is 0 Å². The van der Waals surface area contributed by atoms with Crippen LogP contribution < -0.4 is 5.32 Å². The fourth-order valence-electron chi connectivity index (χ4n) is 6.22.